The summed E-state index contributed by atoms with van der Waals surface area (Å²) < 4.78 is 14.9. The van der Waals surface area contributed by atoms with Crippen LogP contribution in [0.15, 0.2) is 54.6 Å². The molecule has 110 valence electrons. The number of rotatable bonds is 5. The zero-order valence-electron chi connectivity index (χ0n) is 11.8. The molecule has 4 nitrogen and oxygen atoms in total. The van der Waals surface area contributed by atoms with E-state index in [2.05, 4.69) is 21.7 Å². The maximum absolute atomic E-state index is 5.66. The van der Waals surface area contributed by atoms with Crippen molar-refractivity contribution in [2.45, 2.75) is 6.10 Å². The van der Waals surface area contributed by atoms with Crippen LogP contribution in [0, 0.1) is 0 Å². The SMILES string of the molecule is c1ccc(-c2snnc2-c2ccc(OCC3CO3)cc2)cc1. The Bertz CT molecular complexity index is 752. The molecular formula is C17H14N2O2S. The number of hydrogen-bond acceptors (Lipinski definition) is 5. The average molecular weight is 310 g/mol. The number of benzene rings is 2. The Hall–Kier alpha value is -2.24. The van der Waals surface area contributed by atoms with Gasteiger partial charge in [-0.2, -0.15) is 0 Å². The minimum atomic E-state index is 0.270. The third-order valence-corrected chi connectivity index (χ3v) is 4.26. The van der Waals surface area contributed by atoms with Crippen molar-refractivity contribution in [1.82, 2.24) is 9.59 Å². The fraction of sp³-hybridized carbons (Fsp3) is 0.176. The van der Waals surface area contributed by atoms with Crippen molar-refractivity contribution in [2.75, 3.05) is 13.2 Å². The van der Waals surface area contributed by atoms with Crippen LogP contribution >= 0.6 is 11.5 Å². The molecule has 3 aromatic rings. The zero-order chi connectivity index (χ0) is 14.8. The highest BCUT2D eigenvalue weighted by molar-refractivity contribution is 7.09. The number of ether oxygens (including phenoxy) is 2. The Labute approximate surface area is 132 Å². The molecule has 2 aromatic carbocycles. The van der Waals surface area contributed by atoms with Crippen LogP contribution in [0.25, 0.3) is 21.7 Å². The van der Waals surface area contributed by atoms with Crippen molar-refractivity contribution in [1.29, 1.82) is 0 Å². The predicted octanol–water partition coefficient (Wildman–Crippen LogP) is 3.65. The highest BCUT2D eigenvalue weighted by atomic mass is 32.1. The lowest BCUT2D eigenvalue weighted by Crippen LogP contribution is -2.03. The van der Waals surface area contributed by atoms with Crippen molar-refractivity contribution in [3.63, 3.8) is 0 Å². The first-order valence-corrected chi connectivity index (χ1v) is 7.90. The zero-order valence-corrected chi connectivity index (χ0v) is 12.6. The molecule has 0 saturated carbocycles. The molecular weight excluding hydrogens is 296 g/mol. The normalized spacial score (nSPS) is 16.5. The van der Waals surface area contributed by atoms with Gasteiger partial charge in [-0.15, -0.1) is 5.10 Å². The first kappa shape index (κ1) is 13.4. The van der Waals surface area contributed by atoms with Gasteiger partial charge in [0.05, 0.1) is 11.5 Å². The fourth-order valence-corrected chi connectivity index (χ4v) is 2.91. The van der Waals surface area contributed by atoms with E-state index >= 15 is 0 Å². The third-order valence-electron chi connectivity index (χ3n) is 3.49. The number of nitrogens with zero attached hydrogens (tertiary/aromatic N) is 2. The summed E-state index contributed by atoms with van der Waals surface area (Å²) in [6, 6.07) is 18.2. The summed E-state index contributed by atoms with van der Waals surface area (Å²) in [7, 11) is 0. The molecule has 2 heterocycles. The summed E-state index contributed by atoms with van der Waals surface area (Å²) in [6.07, 6.45) is 0.270. The maximum Gasteiger partial charge on any atom is 0.119 e. The van der Waals surface area contributed by atoms with Gasteiger partial charge in [0, 0.05) is 5.56 Å². The van der Waals surface area contributed by atoms with E-state index < -0.39 is 0 Å². The van der Waals surface area contributed by atoms with Gasteiger partial charge < -0.3 is 9.47 Å². The molecule has 0 bridgehead atoms. The van der Waals surface area contributed by atoms with E-state index in [1.807, 2.05) is 42.5 Å². The van der Waals surface area contributed by atoms with Gasteiger partial charge in [-0.25, -0.2) is 0 Å². The molecule has 22 heavy (non-hydrogen) atoms. The van der Waals surface area contributed by atoms with E-state index in [1.165, 1.54) is 11.5 Å². The molecule has 0 amide bonds. The molecule has 1 aliphatic rings. The van der Waals surface area contributed by atoms with Crippen molar-refractivity contribution in [3.8, 4) is 27.4 Å². The van der Waals surface area contributed by atoms with Gasteiger partial charge in [-0.1, -0.05) is 34.8 Å². The lowest BCUT2D eigenvalue weighted by Gasteiger charge is -2.05. The van der Waals surface area contributed by atoms with E-state index in [4.69, 9.17) is 9.47 Å². The van der Waals surface area contributed by atoms with E-state index in [0.29, 0.717) is 6.61 Å². The Morgan fingerprint density at radius 2 is 1.82 bits per heavy atom. The fourth-order valence-electron chi connectivity index (χ4n) is 2.22. The second-order valence-corrected chi connectivity index (χ2v) is 5.86. The number of epoxide rings is 1. The van der Waals surface area contributed by atoms with E-state index in [0.717, 1.165) is 34.1 Å². The van der Waals surface area contributed by atoms with E-state index in [9.17, 15) is 0 Å². The quantitative estimate of drug-likeness (QED) is 0.675. The number of aromatic nitrogens is 2. The molecule has 1 aromatic heterocycles. The monoisotopic (exact) mass is 310 g/mol. The Morgan fingerprint density at radius 3 is 2.55 bits per heavy atom. The maximum atomic E-state index is 5.66. The summed E-state index contributed by atoms with van der Waals surface area (Å²) in [5.74, 6) is 0.851. The molecule has 0 spiro atoms. The first-order valence-electron chi connectivity index (χ1n) is 7.13. The second-order valence-electron chi connectivity index (χ2n) is 5.11. The van der Waals surface area contributed by atoms with Gasteiger partial charge in [0.15, 0.2) is 0 Å². The van der Waals surface area contributed by atoms with Crippen molar-refractivity contribution >= 4 is 11.5 Å². The number of hydrogen-bond donors (Lipinski definition) is 0. The minimum absolute atomic E-state index is 0.270. The van der Waals surface area contributed by atoms with Crippen LogP contribution in [0.4, 0.5) is 0 Å². The molecule has 1 saturated heterocycles. The topological polar surface area (TPSA) is 47.5 Å². The third kappa shape index (κ3) is 2.86. The van der Waals surface area contributed by atoms with Crippen LogP contribution in [-0.2, 0) is 4.74 Å². The second kappa shape index (κ2) is 5.87. The van der Waals surface area contributed by atoms with Gasteiger partial charge in [0.1, 0.15) is 24.2 Å². The average Bonchev–Trinajstić information content (AvgIpc) is 3.28. The van der Waals surface area contributed by atoms with Crippen LogP contribution in [-0.4, -0.2) is 28.9 Å². The van der Waals surface area contributed by atoms with Gasteiger partial charge in [0.25, 0.3) is 0 Å². The Kier molecular flexibility index (Phi) is 3.58. The molecule has 0 N–H and O–H groups in total. The molecule has 5 heteroatoms. The molecule has 4 rings (SSSR count). The Balaban J connectivity index is 1.58. The first-order chi connectivity index (χ1) is 10.9. The highest BCUT2D eigenvalue weighted by Crippen LogP contribution is 2.33. The Morgan fingerprint density at radius 1 is 1.05 bits per heavy atom. The summed E-state index contributed by atoms with van der Waals surface area (Å²) in [5, 5.41) is 4.28. The summed E-state index contributed by atoms with van der Waals surface area (Å²) in [6.45, 7) is 1.43. The lowest BCUT2D eigenvalue weighted by atomic mass is 10.1. The van der Waals surface area contributed by atoms with Crippen molar-refractivity contribution in [3.05, 3.63) is 54.6 Å². The molecule has 0 aliphatic carbocycles. The van der Waals surface area contributed by atoms with E-state index in [1.54, 1.807) is 0 Å². The molecule has 1 aliphatic heterocycles. The largest absolute Gasteiger partial charge is 0.491 e. The van der Waals surface area contributed by atoms with Crippen LogP contribution in [0.5, 0.6) is 5.75 Å². The summed E-state index contributed by atoms with van der Waals surface area (Å²) in [5.41, 5.74) is 3.09. The van der Waals surface area contributed by atoms with Gasteiger partial charge in [-0.05, 0) is 41.4 Å². The summed E-state index contributed by atoms with van der Waals surface area (Å²) >= 11 is 1.42. The smallest absolute Gasteiger partial charge is 0.119 e. The van der Waals surface area contributed by atoms with Crippen molar-refractivity contribution < 1.29 is 9.47 Å². The van der Waals surface area contributed by atoms with Gasteiger partial charge >= 0.3 is 0 Å². The minimum Gasteiger partial charge on any atom is -0.491 e. The van der Waals surface area contributed by atoms with Crippen LogP contribution in [0.3, 0.4) is 0 Å². The highest BCUT2D eigenvalue weighted by Gasteiger charge is 2.23. The molecule has 1 unspecified atom stereocenters. The molecule has 1 fully saturated rings. The van der Waals surface area contributed by atoms with Crippen molar-refractivity contribution in [2.24, 2.45) is 0 Å². The van der Waals surface area contributed by atoms with Gasteiger partial charge in [0.2, 0.25) is 0 Å². The lowest BCUT2D eigenvalue weighted by molar-refractivity contribution is 0.263. The summed E-state index contributed by atoms with van der Waals surface area (Å²) in [4.78, 5) is 1.08. The molecule has 1 atom stereocenters. The van der Waals surface area contributed by atoms with E-state index in [-0.39, 0.29) is 6.10 Å². The van der Waals surface area contributed by atoms with Crippen LogP contribution in [0.1, 0.15) is 0 Å². The van der Waals surface area contributed by atoms with Crippen LogP contribution in [0.2, 0.25) is 0 Å². The predicted molar refractivity (Wildman–Crippen MR) is 86.0 cm³/mol. The van der Waals surface area contributed by atoms with Gasteiger partial charge in [-0.3, -0.25) is 0 Å². The standard InChI is InChI=1S/C17H14N2O2S/c1-2-4-13(5-3-1)17-16(18-19-22-17)12-6-8-14(9-7-12)20-10-15-11-21-15/h1-9,15H,10-11H2. The van der Waals surface area contributed by atoms with Crippen LogP contribution < -0.4 is 4.74 Å². The molecule has 0 radical (unpaired) electrons.